The third-order valence-electron chi connectivity index (χ3n) is 2.84. The molecule has 0 atom stereocenters. The van der Waals surface area contributed by atoms with E-state index in [1.165, 1.54) is 0 Å². The Morgan fingerprint density at radius 3 is 2.70 bits per heavy atom. The number of carbonyl (C=O) groups excluding carboxylic acids is 1. The number of halogens is 1. The van der Waals surface area contributed by atoms with E-state index in [1.54, 1.807) is 0 Å². The van der Waals surface area contributed by atoms with E-state index in [9.17, 15) is 4.79 Å². The second kappa shape index (κ2) is 9.61. The van der Waals surface area contributed by atoms with Gasteiger partial charge in [-0.2, -0.15) is 0 Å². The largest absolute Gasteiger partial charge is 0.493 e. The van der Waals surface area contributed by atoms with E-state index in [2.05, 4.69) is 19.2 Å². The number of nitrogens with one attached hydrogen (secondary N) is 1. The van der Waals surface area contributed by atoms with Crippen molar-refractivity contribution < 1.29 is 9.53 Å². The second-order valence-corrected chi connectivity index (χ2v) is 5.12. The fourth-order valence-electron chi connectivity index (χ4n) is 1.61. The first kappa shape index (κ1) is 18.7. The average Bonchev–Trinajstić information content (AvgIpc) is 2.37. The van der Waals surface area contributed by atoms with Crippen LogP contribution in [0.2, 0.25) is 0 Å². The lowest BCUT2D eigenvalue weighted by Crippen LogP contribution is -2.29. The molecule has 1 amide bonds. The highest BCUT2D eigenvalue weighted by Crippen LogP contribution is 2.21. The van der Waals surface area contributed by atoms with Gasteiger partial charge >= 0.3 is 0 Å². The molecule has 0 saturated carbocycles. The molecule has 3 N–H and O–H groups in total. The van der Waals surface area contributed by atoms with Crippen molar-refractivity contribution in [1.29, 1.82) is 0 Å². The molecule has 5 heteroatoms. The lowest BCUT2D eigenvalue weighted by Gasteiger charge is -2.14. The maximum absolute atomic E-state index is 11.2. The quantitative estimate of drug-likeness (QED) is 0.813. The van der Waals surface area contributed by atoms with E-state index in [-0.39, 0.29) is 24.9 Å². The number of aryl methyl sites for hydroxylation is 1. The summed E-state index contributed by atoms with van der Waals surface area (Å²) in [6.45, 7) is 7.52. The molecule has 1 aromatic carbocycles. The first-order valence-corrected chi connectivity index (χ1v) is 6.72. The van der Waals surface area contributed by atoms with E-state index < -0.39 is 0 Å². The summed E-state index contributed by atoms with van der Waals surface area (Å²) in [5.41, 5.74) is 7.40. The molecule has 0 fully saturated rings. The van der Waals surface area contributed by atoms with Crippen molar-refractivity contribution >= 4 is 18.3 Å². The van der Waals surface area contributed by atoms with Crippen molar-refractivity contribution in [3.8, 4) is 5.75 Å². The third-order valence-corrected chi connectivity index (χ3v) is 2.84. The van der Waals surface area contributed by atoms with Crippen LogP contribution >= 0.6 is 12.4 Å². The van der Waals surface area contributed by atoms with Gasteiger partial charge in [-0.25, -0.2) is 0 Å². The smallest absolute Gasteiger partial charge is 0.234 e. The molecule has 0 unspecified atom stereocenters. The Bertz CT molecular complexity index is 422. The summed E-state index contributed by atoms with van der Waals surface area (Å²) in [5.74, 6) is 1.30. The van der Waals surface area contributed by atoms with Gasteiger partial charge in [0.15, 0.2) is 0 Å². The summed E-state index contributed by atoms with van der Waals surface area (Å²) in [7, 11) is 0. The van der Waals surface area contributed by atoms with Gasteiger partial charge in [-0.3, -0.25) is 4.79 Å². The molecule has 0 spiro atoms. The van der Waals surface area contributed by atoms with Crippen LogP contribution in [0, 0.1) is 12.8 Å². The monoisotopic (exact) mass is 300 g/mol. The van der Waals surface area contributed by atoms with E-state index in [0.29, 0.717) is 19.1 Å². The van der Waals surface area contributed by atoms with Gasteiger partial charge in [0, 0.05) is 12.1 Å². The van der Waals surface area contributed by atoms with Crippen LogP contribution in [0.1, 0.15) is 31.4 Å². The highest BCUT2D eigenvalue weighted by molar-refractivity contribution is 5.85. The Labute approximate surface area is 127 Å². The maximum Gasteiger partial charge on any atom is 0.234 e. The molecule has 0 heterocycles. The van der Waals surface area contributed by atoms with Gasteiger partial charge in [-0.05, 0) is 30.9 Å². The lowest BCUT2D eigenvalue weighted by molar-refractivity contribution is -0.119. The van der Waals surface area contributed by atoms with Crippen LogP contribution in [0.5, 0.6) is 5.75 Å². The predicted molar refractivity (Wildman–Crippen MR) is 84.3 cm³/mol. The summed E-state index contributed by atoms with van der Waals surface area (Å²) in [6.07, 6.45) is 1.02. The topological polar surface area (TPSA) is 64.4 Å². The molecule has 0 aromatic heterocycles. The summed E-state index contributed by atoms with van der Waals surface area (Å²) >= 11 is 0. The molecule has 1 rings (SSSR count). The Balaban J connectivity index is 0.00000361. The van der Waals surface area contributed by atoms with Crippen molar-refractivity contribution in [1.82, 2.24) is 5.32 Å². The fourth-order valence-corrected chi connectivity index (χ4v) is 1.61. The molecular formula is C15H25ClN2O2. The summed E-state index contributed by atoms with van der Waals surface area (Å²) in [4.78, 5) is 11.2. The van der Waals surface area contributed by atoms with Crippen LogP contribution in [0.4, 0.5) is 0 Å². The minimum Gasteiger partial charge on any atom is -0.493 e. The lowest BCUT2D eigenvalue weighted by atomic mass is 10.1. The summed E-state index contributed by atoms with van der Waals surface area (Å²) in [6, 6.07) is 6.00. The van der Waals surface area contributed by atoms with Crippen LogP contribution in [0.3, 0.4) is 0 Å². The van der Waals surface area contributed by atoms with Gasteiger partial charge in [-0.1, -0.05) is 26.0 Å². The van der Waals surface area contributed by atoms with Crippen molar-refractivity contribution in [3.05, 3.63) is 29.3 Å². The van der Waals surface area contributed by atoms with Gasteiger partial charge in [0.25, 0.3) is 0 Å². The van der Waals surface area contributed by atoms with E-state index in [0.717, 1.165) is 23.3 Å². The zero-order chi connectivity index (χ0) is 14.3. The first-order valence-electron chi connectivity index (χ1n) is 6.72. The SMILES string of the molecule is Cc1ccc(CNC(=O)CN)c(OCCC(C)C)c1.Cl. The minimum atomic E-state index is -0.159. The van der Waals surface area contributed by atoms with Crippen molar-refractivity contribution in [2.24, 2.45) is 11.7 Å². The van der Waals surface area contributed by atoms with E-state index >= 15 is 0 Å². The third kappa shape index (κ3) is 6.78. The highest BCUT2D eigenvalue weighted by atomic mass is 35.5. The maximum atomic E-state index is 11.2. The zero-order valence-corrected chi connectivity index (χ0v) is 13.3. The van der Waals surface area contributed by atoms with Crippen LogP contribution in [-0.4, -0.2) is 19.1 Å². The van der Waals surface area contributed by atoms with Crippen molar-refractivity contribution in [2.75, 3.05) is 13.2 Å². The van der Waals surface area contributed by atoms with Crippen molar-refractivity contribution in [2.45, 2.75) is 33.7 Å². The van der Waals surface area contributed by atoms with Gasteiger partial charge in [-0.15, -0.1) is 12.4 Å². The van der Waals surface area contributed by atoms with Crippen molar-refractivity contribution in [3.63, 3.8) is 0 Å². The Hall–Kier alpha value is -1.26. The predicted octanol–water partition coefficient (Wildman–Crippen LogP) is 2.42. The van der Waals surface area contributed by atoms with Gasteiger partial charge < -0.3 is 15.8 Å². The van der Waals surface area contributed by atoms with Crippen LogP contribution in [-0.2, 0) is 11.3 Å². The molecule has 1 aromatic rings. The molecule has 0 bridgehead atoms. The van der Waals surface area contributed by atoms with E-state index in [4.69, 9.17) is 10.5 Å². The average molecular weight is 301 g/mol. The molecule has 0 radical (unpaired) electrons. The number of carbonyl (C=O) groups is 1. The number of hydrogen-bond acceptors (Lipinski definition) is 3. The zero-order valence-electron chi connectivity index (χ0n) is 12.4. The highest BCUT2D eigenvalue weighted by Gasteiger charge is 2.06. The second-order valence-electron chi connectivity index (χ2n) is 5.12. The normalized spacial score (nSPS) is 10.1. The molecule has 114 valence electrons. The number of nitrogens with two attached hydrogens (primary N) is 1. The Morgan fingerprint density at radius 1 is 1.40 bits per heavy atom. The molecule has 0 aliphatic heterocycles. The fraction of sp³-hybridized carbons (Fsp3) is 0.533. The van der Waals surface area contributed by atoms with Crippen LogP contribution < -0.4 is 15.8 Å². The van der Waals surface area contributed by atoms with E-state index in [1.807, 2.05) is 25.1 Å². The molecule has 4 nitrogen and oxygen atoms in total. The Morgan fingerprint density at radius 2 is 2.10 bits per heavy atom. The molecule has 0 saturated heterocycles. The number of ether oxygens (including phenoxy) is 1. The standard InChI is InChI=1S/C15H24N2O2.ClH/c1-11(2)6-7-19-14-8-12(3)4-5-13(14)10-17-15(18)9-16;/h4-5,8,11H,6-7,9-10,16H2,1-3H3,(H,17,18);1H. The minimum absolute atomic E-state index is 0. The summed E-state index contributed by atoms with van der Waals surface area (Å²) in [5, 5.41) is 2.76. The molecule has 20 heavy (non-hydrogen) atoms. The molecular weight excluding hydrogens is 276 g/mol. The summed E-state index contributed by atoms with van der Waals surface area (Å²) < 4.78 is 5.81. The number of hydrogen-bond donors (Lipinski definition) is 2. The number of rotatable bonds is 7. The Kier molecular flexibility index (Phi) is 9.01. The van der Waals surface area contributed by atoms with Crippen LogP contribution in [0.25, 0.3) is 0 Å². The first-order chi connectivity index (χ1) is 9.02. The molecule has 0 aliphatic carbocycles. The molecule has 0 aliphatic rings. The van der Waals surface area contributed by atoms with Gasteiger partial charge in [0.1, 0.15) is 5.75 Å². The number of amides is 1. The van der Waals surface area contributed by atoms with Crippen LogP contribution in [0.15, 0.2) is 18.2 Å². The number of benzene rings is 1. The van der Waals surface area contributed by atoms with Gasteiger partial charge in [0.05, 0.1) is 13.2 Å². The van der Waals surface area contributed by atoms with Gasteiger partial charge in [0.2, 0.25) is 5.91 Å².